The highest BCUT2D eigenvalue weighted by Crippen LogP contribution is 2.18. The summed E-state index contributed by atoms with van der Waals surface area (Å²) in [6, 6.07) is 0. The van der Waals surface area contributed by atoms with Gasteiger partial charge in [0.15, 0.2) is 0 Å². The van der Waals surface area contributed by atoms with Crippen LogP contribution in [0.1, 0.15) is 66.2 Å². The van der Waals surface area contributed by atoms with Crippen molar-refractivity contribution in [1.29, 1.82) is 0 Å². The Labute approximate surface area is 108 Å². The summed E-state index contributed by atoms with van der Waals surface area (Å²) in [6.45, 7) is 9.55. The number of ether oxygens (including phenoxy) is 1. The molecule has 0 saturated heterocycles. The van der Waals surface area contributed by atoms with Gasteiger partial charge in [0.1, 0.15) is 0 Å². The SMILES string of the molecule is C#CC(C)CCCC(C)CCCC(C)OCC. The van der Waals surface area contributed by atoms with E-state index < -0.39 is 0 Å². The first-order valence-corrected chi connectivity index (χ1v) is 7.17. The number of terminal acetylenes is 1. The fourth-order valence-corrected chi connectivity index (χ4v) is 2.12. The first-order valence-electron chi connectivity index (χ1n) is 7.17. The molecule has 0 saturated carbocycles. The lowest BCUT2D eigenvalue weighted by atomic mass is 9.95. The molecule has 0 bridgehead atoms. The molecule has 0 aliphatic rings. The van der Waals surface area contributed by atoms with E-state index in [4.69, 9.17) is 11.2 Å². The molecule has 0 aliphatic carbocycles. The van der Waals surface area contributed by atoms with Gasteiger partial charge in [-0.25, -0.2) is 0 Å². The Hall–Kier alpha value is -0.480. The molecule has 0 aromatic heterocycles. The molecule has 1 nitrogen and oxygen atoms in total. The molecular formula is C16H30O. The van der Waals surface area contributed by atoms with Gasteiger partial charge in [0.2, 0.25) is 0 Å². The van der Waals surface area contributed by atoms with E-state index in [0.29, 0.717) is 12.0 Å². The molecule has 3 unspecified atom stereocenters. The minimum Gasteiger partial charge on any atom is -0.379 e. The van der Waals surface area contributed by atoms with Crippen molar-refractivity contribution in [2.24, 2.45) is 11.8 Å². The molecule has 0 aliphatic heterocycles. The lowest BCUT2D eigenvalue weighted by Gasteiger charge is -2.14. The van der Waals surface area contributed by atoms with E-state index in [9.17, 15) is 0 Å². The summed E-state index contributed by atoms with van der Waals surface area (Å²) >= 11 is 0. The largest absolute Gasteiger partial charge is 0.379 e. The van der Waals surface area contributed by atoms with E-state index in [0.717, 1.165) is 12.5 Å². The second-order valence-electron chi connectivity index (χ2n) is 5.30. The van der Waals surface area contributed by atoms with Crippen LogP contribution < -0.4 is 0 Å². The molecule has 0 radical (unpaired) electrons. The zero-order valence-electron chi connectivity index (χ0n) is 12.2. The van der Waals surface area contributed by atoms with E-state index in [2.05, 4.69) is 33.6 Å². The molecule has 0 aromatic carbocycles. The van der Waals surface area contributed by atoms with Crippen LogP contribution in [0.4, 0.5) is 0 Å². The summed E-state index contributed by atoms with van der Waals surface area (Å²) in [6.07, 6.45) is 13.4. The normalized spacial score (nSPS) is 16.2. The van der Waals surface area contributed by atoms with Gasteiger partial charge in [0.05, 0.1) is 6.10 Å². The topological polar surface area (TPSA) is 9.23 Å². The summed E-state index contributed by atoms with van der Waals surface area (Å²) in [5.41, 5.74) is 0. The monoisotopic (exact) mass is 238 g/mol. The highest BCUT2D eigenvalue weighted by molar-refractivity contribution is 4.89. The van der Waals surface area contributed by atoms with Crippen LogP contribution in [-0.4, -0.2) is 12.7 Å². The Kier molecular flexibility index (Phi) is 10.4. The lowest BCUT2D eigenvalue weighted by Crippen LogP contribution is -2.08. The predicted molar refractivity (Wildman–Crippen MR) is 76.0 cm³/mol. The second kappa shape index (κ2) is 10.7. The van der Waals surface area contributed by atoms with Crippen molar-refractivity contribution < 1.29 is 4.74 Å². The third kappa shape index (κ3) is 10.4. The molecule has 0 heterocycles. The fourth-order valence-electron chi connectivity index (χ4n) is 2.12. The van der Waals surface area contributed by atoms with Crippen LogP contribution in [0.5, 0.6) is 0 Å². The van der Waals surface area contributed by atoms with E-state index in [1.807, 2.05) is 0 Å². The average Bonchev–Trinajstić information content (AvgIpc) is 2.29. The molecule has 0 aromatic rings. The Morgan fingerprint density at radius 2 is 1.59 bits per heavy atom. The first kappa shape index (κ1) is 16.5. The van der Waals surface area contributed by atoms with Crippen LogP contribution in [0.15, 0.2) is 0 Å². The Balaban J connectivity index is 3.41. The smallest absolute Gasteiger partial charge is 0.0546 e. The Morgan fingerprint density at radius 1 is 1.00 bits per heavy atom. The highest BCUT2D eigenvalue weighted by atomic mass is 16.5. The number of hydrogen-bond donors (Lipinski definition) is 0. The summed E-state index contributed by atoms with van der Waals surface area (Å²) in [5.74, 6) is 4.07. The summed E-state index contributed by atoms with van der Waals surface area (Å²) in [5, 5.41) is 0. The van der Waals surface area contributed by atoms with Crippen molar-refractivity contribution in [2.45, 2.75) is 72.3 Å². The predicted octanol–water partition coefficient (Wildman–Crippen LogP) is 4.66. The molecule has 0 N–H and O–H groups in total. The van der Waals surface area contributed by atoms with Crippen LogP contribution in [-0.2, 0) is 4.74 Å². The van der Waals surface area contributed by atoms with Crippen molar-refractivity contribution in [1.82, 2.24) is 0 Å². The van der Waals surface area contributed by atoms with Gasteiger partial charge in [-0.2, -0.15) is 0 Å². The third-order valence-electron chi connectivity index (χ3n) is 3.38. The van der Waals surface area contributed by atoms with Crippen LogP contribution >= 0.6 is 0 Å². The fraction of sp³-hybridized carbons (Fsp3) is 0.875. The van der Waals surface area contributed by atoms with E-state index >= 15 is 0 Å². The molecule has 3 atom stereocenters. The van der Waals surface area contributed by atoms with Gasteiger partial charge in [0, 0.05) is 12.5 Å². The van der Waals surface area contributed by atoms with E-state index in [1.54, 1.807) is 0 Å². The minimum absolute atomic E-state index is 0.425. The standard InChI is InChI=1S/C16H30O/c1-6-14(3)10-8-11-15(4)12-9-13-16(5)17-7-2/h1,14-16H,7-13H2,2-5H3. The van der Waals surface area contributed by atoms with Crippen LogP contribution in [0, 0.1) is 24.2 Å². The van der Waals surface area contributed by atoms with E-state index in [1.165, 1.54) is 38.5 Å². The van der Waals surface area contributed by atoms with Crippen molar-refractivity contribution in [2.75, 3.05) is 6.61 Å². The van der Waals surface area contributed by atoms with Gasteiger partial charge < -0.3 is 4.74 Å². The lowest BCUT2D eigenvalue weighted by molar-refractivity contribution is 0.0676. The maximum absolute atomic E-state index is 5.53. The van der Waals surface area contributed by atoms with Crippen LogP contribution in [0.2, 0.25) is 0 Å². The van der Waals surface area contributed by atoms with Crippen molar-refractivity contribution >= 4 is 0 Å². The zero-order valence-corrected chi connectivity index (χ0v) is 12.2. The second-order valence-corrected chi connectivity index (χ2v) is 5.30. The average molecular weight is 238 g/mol. The number of hydrogen-bond acceptors (Lipinski definition) is 1. The molecule has 0 rings (SSSR count). The zero-order chi connectivity index (χ0) is 13.1. The quantitative estimate of drug-likeness (QED) is 0.503. The number of rotatable bonds is 10. The van der Waals surface area contributed by atoms with Gasteiger partial charge in [-0.05, 0) is 32.6 Å². The van der Waals surface area contributed by atoms with Crippen LogP contribution in [0.25, 0.3) is 0 Å². The third-order valence-corrected chi connectivity index (χ3v) is 3.38. The van der Waals surface area contributed by atoms with E-state index in [-0.39, 0.29) is 0 Å². The summed E-state index contributed by atoms with van der Waals surface area (Å²) < 4.78 is 5.53. The molecular weight excluding hydrogens is 208 g/mol. The minimum atomic E-state index is 0.425. The highest BCUT2D eigenvalue weighted by Gasteiger charge is 2.06. The van der Waals surface area contributed by atoms with Crippen molar-refractivity contribution in [3.63, 3.8) is 0 Å². The van der Waals surface area contributed by atoms with Gasteiger partial charge in [-0.15, -0.1) is 12.3 Å². The molecule has 0 fully saturated rings. The molecule has 100 valence electrons. The van der Waals surface area contributed by atoms with Gasteiger partial charge in [0.25, 0.3) is 0 Å². The molecule has 0 amide bonds. The van der Waals surface area contributed by atoms with Crippen molar-refractivity contribution in [3.05, 3.63) is 0 Å². The maximum Gasteiger partial charge on any atom is 0.0546 e. The van der Waals surface area contributed by atoms with Crippen molar-refractivity contribution in [3.8, 4) is 12.3 Å². The summed E-state index contributed by atoms with van der Waals surface area (Å²) in [4.78, 5) is 0. The van der Waals surface area contributed by atoms with Gasteiger partial charge in [-0.1, -0.05) is 39.5 Å². The molecule has 1 heteroatoms. The maximum atomic E-state index is 5.53. The Bertz CT molecular complexity index is 204. The van der Waals surface area contributed by atoms with Gasteiger partial charge in [-0.3, -0.25) is 0 Å². The Morgan fingerprint density at radius 3 is 2.12 bits per heavy atom. The van der Waals surface area contributed by atoms with Crippen LogP contribution in [0.3, 0.4) is 0 Å². The molecule has 17 heavy (non-hydrogen) atoms. The van der Waals surface area contributed by atoms with Gasteiger partial charge >= 0.3 is 0 Å². The molecule has 0 spiro atoms. The summed E-state index contributed by atoms with van der Waals surface area (Å²) in [7, 11) is 0. The first-order chi connectivity index (χ1) is 8.10.